The average Bonchev–Trinajstić information content (AvgIpc) is 2.85. The van der Waals surface area contributed by atoms with Crippen molar-refractivity contribution in [1.82, 2.24) is 14.5 Å². The van der Waals surface area contributed by atoms with E-state index in [9.17, 15) is 4.79 Å². The van der Waals surface area contributed by atoms with Crippen LogP contribution in [0.1, 0.15) is 12.5 Å². The largest absolute Gasteiger partial charge is 0.325 e. The summed E-state index contributed by atoms with van der Waals surface area (Å²) in [7, 11) is 0. The number of halogens is 2. The molecule has 0 spiro atoms. The Kier molecular flexibility index (Phi) is 2.67. The Morgan fingerprint density at radius 2 is 2.29 bits per heavy atom. The van der Waals surface area contributed by atoms with E-state index in [0.29, 0.717) is 11.6 Å². The van der Waals surface area contributed by atoms with Gasteiger partial charge in [-0.15, -0.1) is 0 Å². The molecule has 0 saturated heterocycles. The number of nitrogens with zero attached hydrogens (tertiary/aromatic N) is 3. The summed E-state index contributed by atoms with van der Waals surface area (Å²) in [6.45, 7) is 0. The Morgan fingerprint density at radius 1 is 1.47 bits per heavy atom. The van der Waals surface area contributed by atoms with Gasteiger partial charge in [0.15, 0.2) is 5.78 Å². The highest BCUT2D eigenvalue weighted by Gasteiger charge is 2.24. The Bertz CT molecular complexity index is 649. The van der Waals surface area contributed by atoms with Crippen molar-refractivity contribution in [3.63, 3.8) is 0 Å². The van der Waals surface area contributed by atoms with Crippen LogP contribution in [0.5, 0.6) is 0 Å². The van der Waals surface area contributed by atoms with Crippen molar-refractivity contribution in [2.75, 3.05) is 0 Å². The summed E-state index contributed by atoms with van der Waals surface area (Å²) >= 11 is 8.05. The fraction of sp³-hybridized carbons (Fsp3) is 0.182. The molecule has 0 radical (unpaired) electrons. The molecule has 86 valence electrons. The van der Waals surface area contributed by atoms with Gasteiger partial charge in [-0.05, 0) is 34.7 Å². The monoisotopic (exact) mass is 359 g/mol. The van der Waals surface area contributed by atoms with Gasteiger partial charge >= 0.3 is 0 Å². The van der Waals surface area contributed by atoms with Gasteiger partial charge in [-0.3, -0.25) is 4.79 Å². The van der Waals surface area contributed by atoms with Crippen LogP contribution in [-0.4, -0.2) is 20.3 Å². The number of carbonyl (C=O) groups excluding carboxylic acids is 1. The minimum atomic E-state index is 0.0397. The van der Waals surface area contributed by atoms with Gasteiger partial charge in [-0.2, -0.15) is 0 Å². The summed E-state index contributed by atoms with van der Waals surface area (Å²) in [6, 6.07) is 1.92. The van der Waals surface area contributed by atoms with Crippen LogP contribution in [0.4, 0.5) is 0 Å². The molecule has 17 heavy (non-hydrogen) atoms. The Hall–Kier alpha value is -0.950. The zero-order valence-corrected chi connectivity index (χ0v) is 11.5. The summed E-state index contributed by atoms with van der Waals surface area (Å²) in [5.74, 6) is 0.178. The van der Waals surface area contributed by atoms with Gasteiger partial charge in [0.05, 0.1) is 15.0 Å². The average molecular weight is 360 g/mol. The molecule has 0 aliphatic heterocycles. The van der Waals surface area contributed by atoms with Crippen LogP contribution < -0.4 is 0 Å². The maximum absolute atomic E-state index is 11.5. The van der Waals surface area contributed by atoms with E-state index in [1.165, 1.54) is 6.33 Å². The number of rotatable bonds is 1. The van der Waals surface area contributed by atoms with Crippen molar-refractivity contribution in [3.8, 4) is 0 Å². The van der Waals surface area contributed by atoms with Crippen molar-refractivity contribution in [3.05, 3.63) is 33.4 Å². The van der Waals surface area contributed by atoms with Crippen molar-refractivity contribution < 1.29 is 4.79 Å². The fourth-order valence-corrected chi connectivity index (χ4v) is 2.82. The predicted octanol–water partition coefficient (Wildman–Crippen LogP) is 2.92. The zero-order chi connectivity index (χ0) is 12.0. The van der Waals surface area contributed by atoms with Gasteiger partial charge in [-0.1, -0.05) is 11.6 Å². The van der Waals surface area contributed by atoms with E-state index in [1.807, 2.05) is 22.9 Å². The Balaban J connectivity index is 2.14. The van der Waals surface area contributed by atoms with Crippen LogP contribution in [0.25, 0.3) is 11.0 Å². The lowest BCUT2D eigenvalue weighted by Crippen LogP contribution is -2.05. The van der Waals surface area contributed by atoms with E-state index in [2.05, 4.69) is 32.6 Å². The molecule has 1 unspecified atom stereocenters. The summed E-state index contributed by atoms with van der Waals surface area (Å²) < 4.78 is 2.75. The quantitative estimate of drug-likeness (QED) is 0.581. The van der Waals surface area contributed by atoms with Crippen molar-refractivity contribution in [1.29, 1.82) is 0 Å². The molecule has 0 N–H and O–H groups in total. The second-order valence-electron chi connectivity index (χ2n) is 3.83. The van der Waals surface area contributed by atoms with Crippen molar-refractivity contribution in [2.45, 2.75) is 12.5 Å². The topological polar surface area (TPSA) is 47.8 Å². The normalized spacial score (nSPS) is 20.0. The van der Waals surface area contributed by atoms with Crippen LogP contribution in [0.2, 0.25) is 5.15 Å². The van der Waals surface area contributed by atoms with Crippen LogP contribution in [-0.2, 0) is 4.79 Å². The zero-order valence-electron chi connectivity index (χ0n) is 8.60. The van der Waals surface area contributed by atoms with Crippen LogP contribution >= 0.6 is 34.2 Å². The second-order valence-corrected chi connectivity index (χ2v) is 5.35. The van der Waals surface area contributed by atoms with Gasteiger partial charge < -0.3 is 4.57 Å². The summed E-state index contributed by atoms with van der Waals surface area (Å²) in [5.41, 5.74) is 0.769. The van der Waals surface area contributed by atoms with Gasteiger partial charge in [0.2, 0.25) is 0 Å². The first-order valence-electron chi connectivity index (χ1n) is 5.04. The smallest absolute Gasteiger partial charge is 0.171 e. The second kappa shape index (κ2) is 4.06. The SMILES string of the molecule is O=C1CC(n2ccc3c(Cl)ncnc32)C=C1I. The van der Waals surface area contributed by atoms with E-state index in [-0.39, 0.29) is 11.8 Å². The maximum Gasteiger partial charge on any atom is 0.171 e. The molecule has 4 nitrogen and oxygen atoms in total. The maximum atomic E-state index is 11.5. The number of ketones is 1. The first-order valence-corrected chi connectivity index (χ1v) is 6.50. The highest BCUT2D eigenvalue weighted by Crippen LogP contribution is 2.32. The van der Waals surface area contributed by atoms with Crippen molar-refractivity contribution in [2.24, 2.45) is 0 Å². The predicted molar refractivity (Wildman–Crippen MR) is 73.3 cm³/mol. The van der Waals surface area contributed by atoms with Gasteiger partial charge in [0, 0.05) is 12.6 Å². The van der Waals surface area contributed by atoms with Crippen molar-refractivity contribution >= 4 is 51.0 Å². The molecule has 0 aromatic carbocycles. The first-order chi connectivity index (χ1) is 8.16. The third kappa shape index (κ3) is 1.77. The molecule has 0 saturated carbocycles. The summed E-state index contributed by atoms with van der Waals surface area (Å²) in [5, 5.41) is 1.26. The number of carbonyl (C=O) groups is 1. The summed E-state index contributed by atoms with van der Waals surface area (Å²) in [4.78, 5) is 19.7. The third-order valence-electron chi connectivity index (χ3n) is 2.82. The molecule has 6 heteroatoms. The van der Waals surface area contributed by atoms with E-state index >= 15 is 0 Å². The number of hydrogen-bond donors (Lipinski definition) is 0. The molecular formula is C11H7ClIN3O. The van der Waals surface area contributed by atoms with E-state index < -0.39 is 0 Å². The number of hydrogen-bond acceptors (Lipinski definition) is 3. The highest BCUT2D eigenvalue weighted by atomic mass is 127. The fourth-order valence-electron chi connectivity index (χ4n) is 1.99. The molecule has 1 atom stereocenters. The number of aromatic nitrogens is 3. The molecular weight excluding hydrogens is 352 g/mol. The van der Waals surface area contributed by atoms with E-state index in [4.69, 9.17) is 11.6 Å². The molecule has 2 aromatic heterocycles. The number of Topliss-reactive ketones (excluding diaryl/α,β-unsaturated/α-hetero) is 1. The van der Waals surface area contributed by atoms with Crippen LogP contribution in [0.15, 0.2) is 28.2 Å². The van der Waals surface area contributed by atoms with Gasteiger partial charge in [0.1, 0.15) is 17.1 Å². The minimum Gasteiger partial charge on any atom is -0.325 e. The van der Waals surface area contributed by atoms with Gasteiger partial charge in [-0.25, -0.2) is 9.97 Å². The Morgan fingerprint density at radius 3 is 3.00 bits per heavy atom. The van der Waals surface area contributed by atoms with Crippen LogP contribution in [0, 0.1) is 0 Å². The third-order valence-corrected chi connectivity index (χ3v) is 4.08. The minimum absolute atomic E-state index is 0.0397. The standard InChI is InChI=1S/C11H7ClIN3O/c12-10-7-1-2-16(11(7)15-5-14-10)6-3-8(13)9(17)4-6/h1-3,5-6H,4H2. The molecule has 0 fully saturated rings. The Labute approximate surface area is 116 Å². The molecule has 2 heterocycles. The lowest BCUT2D eigenvalue weighted by atomic mass is 10.2. The lowest BCUT2D eigenvalue weighted by Gasteiger charge is -2.09. The lowest BCUT2D eigenvalue weighted by molar-refractivity contribution is -0.114. The molecule has 3 rings (SSSR count). The molecule has 1 aliphatic carbocycles. The number of allylic oxidation sites excluding steroid dienone is 2. The number of fused-ring (bicyclic) bond motifs is 1. The van der Waals surface area contributed by atoms with Gasteiger partial charge in [0.25, 0.3) is 0 Å². The summed E-state index contributed by atoms with van der Waals surface area (Å²) in [6.07, 6.45) is 5.78. The molecule has 0 bridgehead atoms. The van der Waals surface area contributed by atoms with E-state index in [0.717, 1.165) is 14.6 Å². The first kappa shape index (κ1) is 11.2. The van der Waals surface area contributed by atoms with Crippen LogP contribution in [0.3, 0.4) is 0 Å². The molecule has 1 aliphatic rings. The highest BCUT2D eigenvalue weighted by molar-refractivity contribution is 14.1. The van der Waals surface area contributed by atoms with E-state index in [1.54, 1.807) is 0 Å². The molecule has 0 amide bonds. The molecule has 2 aromatic rings.